The number of rotatable bonds is 4. The first-order valence-corrected chi connectivity index (χ1v) is 8.53. The predicted molar refractivity (Wildman–Crippen MR) is 78.2 cm³/mol. The van der Waals surface area contributed by atoms with Crippen molar-refractivity contribution in [3.05, 3.63) is 29.8 Å². The Bertz CT molecular complexity index is 684. The van der Waals surface area contributed by atoms with Gasteiger partial charge in [0.1, 0.15) is 11.3 Å². The van der Waals surface area contributed by atoms with Gasteiger partial charge in [-0.05, 0) is 18.6 Å². The fourth-order valence-corrected chi connectivity index (χ4v) is 4.01. The number of aromatic hydroxyl groups is 1. The maximum Gasteiger partial charge on any atom is 0.342 e. The lowest BCUT2D eigenvalue weighted by Crippen LogP contribution is -2.40. The quantitative estimate of drug-likeness (QED) is 0.793. The van der Waals surface area contributed by atoms with E-state index in [1.807, 2.05) is 0 Å². The van der Waals surface area contributed by atoms with Crippen LogP contribution in [0.4, 0.5) is 0 Å². The van der Waals surface area contributed by atoms with Crippen molar-refractivity contribution in [2.75, 3.05) is 25.2 Å². The number of nitrogens with zero attached hydrogens (tertiary/aromatic N) is 1. The molecule has 22 heavy (non-hydrogen) atoms. The van der Waals surface area contributed by atoms with Gasteiger partial charge >= 0.3 is 5.97 Å². The zero-order valence-corrected chi connectivity index (χ0v) is 12.9. The molecule has 0 unspecified atom stereocenters. The largest absolute Gasteiger partial charge is 0.507 e. The number of sulfone groups is 1. The standard InChI is InChI=1S/C14H17NO6S/c1-15(10-6-7-22(19,20)9-10)13(17)8-21-14(18)11-4-2-3-5-12(11)16/h2-5,10,16H,6-9H2,1H3/t10-/m0/s1. The molecule has 120 valence electrons. The number of esters is 1. The smallest absolute Gasteiger partial charge is 0.342 e. The van der Waals surface area contributed by atoms with Gasteiger partial charge < -0.3 is 14.7 Å². The Kier molecular flexibility index (Phi) is 4.70. The average molecular weight is 327 g/mol. The van der Waals surface area contributed by atoms with E-state index in [9.17, 15) is 23.1 Å². The number of amides is 1. The van der Waals surface area contributed by atoms with Gasteiger partial charge in [-0.1, -0.05) is 12.1 Å². The maximum atomic E-state index is 12.0. The zero-order chi connectivity index (χ0) is 16.3. The molecule has 8 heteroatoms. The molecule has 0 bridgehead atoms. The third-order valence-corrected chi connectivity index (χ3v) is 5.35. The van der Waals surface area contributed by atoms with Gasteiger partial charge in [-0.3, -0.25) is 4.79 Å². The average Bonchev–Trinajstić information content (AvgIpc) is 2.84. The molecule has 0 radical (unpaired) electrons. The summed E-state index contributed by atoms with van der Waals surface area (Å²) in [5, 5.41) is 9.52. The second-order valence-corrected chi connectivity index (χ2v) is 7.38. The highest BCUT2D eigenvalue weighted by Gasteiger charge is 2.33. The van der Waals surface area contributed by atoms with Crippen molar-refractivity contribution in [3.63, 3.8) is 0 Å². The van der Waals surface area contributed by atoms with Crippen LogP contribution in [0.25, 0.3) is 0 Å². The van der Waals surface area contributed by atoms with Crippen LogP contribution in [-0.4, -0.2) is 61.5 Å². The molecule has 1 aliphatic heterocycles. The number of phenols is 1. The van der Waals surface area contributed by atoms with Gasteiger partial charge in [0, 0.05) is 13.1 Å². The molecule has 0 spiro atoms. The Morgan fingerprint density at radius 1 is 1.36 bits per heavy atom. The van der Waals surface area contributed by atoms with E-state index in [0.29, 0.717) is 6.42 Å². The van der Waals surface area contributed by atoms with Gasteiger partial charge in [-0.2, -0.15) is 0 Å². The molecule has 0 aliphatic carbocycles. The Morgan fingerprint density at radius 2 is 2.05 bits per heavy atom. The molecule has 1 saturated heterocycles. The Balaban J connectivity index is 1.90. The number of carbonyl (C=O) groups excluding carboxylic acids is 2. The molecular weight excluding hydrogens is 310 g/mol. The molecular formula is C14H17NO6S. The molecule has 1 fully saturated rings. The minimum absolute atomic E-state index is 0.0265. The number of para-hydroxylation sites is 1. The van der Waals surface area contributed by atoms with Gasteiger partial charge in [-0.25, -0.2) is 13.2 Å². The summed E-state index contributed by atoms with van der Waals surface area (Å²) in [6, 6.07) is 5.46. The second kappa shape index (κ2) is 6.35. The summed E-state index contributed by atoms with van der Waals surface area (Å²) in [6.45, 7) is -0.500. The molecule has 0 saturated carbocycles. The fraction of sp³-hybridized carbons (Fsp3) is 0.429. The van der Waals surface area contributed by atoms with Crippen molar-refractivity contribution in [1.29, 1.82) is 0 Å². The van der Waals surface area contributed by atoms with Crippen molar-refractivity contribution in [2.24, 2.45) is 0 Å². The monoisotopic (exact) mass is 327 g/mol. The van der Waals surface area contributed by atoms with Crippen LogP contribution in [0, 0.1) is 0 Å². The van der Waals surface area contributed by atoms with E-state index in [1.165, 1.54) is 24.1 Å². The van der Waals surface area contributed by atoms with E-state index in [4.69, 9.17) is 4.74 Å². The van der Waals surface area contributed by atoms with E-state index < -0.39 is 28.3 Å². The van der Waals surface area contributed by atoms with Crippen LogP contribution >= 0.6 is 0 Å². The Hall–Kier alpha value is -2.09. The summed E-state index contributed by atoms with van der Waals surface area (Å²) in [5.41, 5.74) is -0.0265. The highest BCUT2D eigenvalue weighted by atomic mass is 32.2. The van der Waals surface area contributed by atoms with E-state index >= 15 is 0 Å². The van der Waals surface area contributed by atoms with Crippen molar-refractivity contribution in [1.82, 2.24) is 4.90 Å². The molecule has 1 atom stereocenters. The lowest BCUT2D eigenvalue weighted by molar-refractivity contribution is -0.134. The maximum absolute atomic E-state index is 12.0. The second-order valence-electron chi connectivity index (χ2n) is 5.15. The highest BCUT2D eigenvalue weighted by molar-refractivity contribution is 7.91. The number of hydrogen-bond donors (Lipinski definition) is 1. The molecule has 7 nitrogen and oxygen atoms in total. The summed E-state index contributed by atoms with van der Waals surface area (Å²) in [4.78, 5) is 25.0. The SMILES string of the molecule is CN(C(=O)COC(=O)c1ccccc1O)[C@H]1CCS(=O)(=O)C1. The summed E-state index contributed by atoms with van der Waals surface area (Å²) >= 11 is 0. The molecule has 0 aromatic heterocycles. The number of phenolic OH excluding ortho intramolecular Hbond substituents is 1. The van der Waals surface area contributed by atoms with E-state index in [0.717, 1.165) is 0 Å². The highest BCUT2D eigenvalue weighted by Crippen LogP contribution is 2.18. The van der Waals surface area contributed by atoms with Crippen molar-refractivity contribution in [3.8, 4) is 5.75 Å². The van der Waals surface area contributed by atoms with Crippen LogP contribution in [-0.2, 0) is 19.4 Å². The molecule has 1 aliphatic rings. The van der Waals surface area contributed by atoms with Gasteiger partial charge in [0.15, 0.2) is 16.4 Å². The van der Waals surface area contributed by atoms with Crippen LogP contribution in [0.5, 0.6) is 5.75 Å². The molecule has 1 aromatic rings. The van der Waals surface area contributed by atoms with Crippen LogP contribution in [0.15, 0.2) is 24.3 Å². The summed E-state index contributed by atoms with van der Waals surface area (Å²) < 4.78 is 27.7. The summed E-state index contributed by atoms with van der Waals surface area (Å²) in [7, 11) is -1.60. The number of ether oxygens (including phenoxy) is 1. The van der Waals surface area contributed by atoms with Crippen molar-refractivity contribution >= 4 is 21.7 Å². The number of carbonyl (C=O) groups is 2. The molecule has 1 heterocycles. The third-order valence-electron chi connectivity index (χ3n) is 3.60. The molecule has 1 N–H and O–H groups in total. The first-order chi connectivity index (χ1) is 10.3. The number of likely N-dealkylation sites (N-methyl/N-ethyl adjacent to an activating group) is 1. The number of hydrogen-bond acceptors (Lipinski definition) is 6. The van der Waals surface area contributed by atoms with Crippen molar-refractivity contribution < 1.29 is 27.9 Å². The summed E-state index contributed by atoms with van der Waals surface area (Å²) in [5.74, 6) is -1.52. The zero-order valence-electron chi connectivity index (χ0n) is 12.1. The Labute approximate surface area is 128 Å². The molecule has 1 amide bonds. The van der Waals surface area contributed by atoms with Crippen molar-refractivity contribution in [2.45, 2.75) is 12.5 Å². The summed E-state index contributed by atoms with van der Waals surface area (Å²) in [6.07, 6.45) is 0.387. The first-order valence-electron chi connectivity index (χ1n) is 6.71. The minimum atomic E-state index is -3.09. The topological polar surface area (TPSA) is 101 Å². The van der Waals surface area contributed by atoms with Gasteiger partial charge in [-0.15, -0.1) is 0 Å². The Morgan fingerprint density at radius 3 is 2.64 bits per heavy atom. The van der Waals surface area contributed by atoms with Gasteiger partial charge in [0.05, 0.1) is 11.5 Å². The number of benzene rings is 1. The fourth-order valence-electron chi connectivity index (χ4n) is 2.24. The minimum Gasteiger partial charge on any atom is -0.507 e. The lowest BCUT2D eigenvalue weighted by Gasteiger charge is -2.23. The van der Waals surface area contributed by atoms with E-state index in [1.54, 1.807) is 12.1 Å². The predicted octanol–water partition coefficient (Wildman–Crippen LogP) is 0.195. The van der Waals surface area contributed by atoms with Gasteiger partial charge in [0.25, 0.3) is 5.91 Å². The van der Waals surface area contributed by atoms with E-state index in [2.05, 4.69) is 0 Å². The molecule has 1 aromatic carbocycles. The van der Waals surface area contributed by atoms with Crippen LogP contribution in [0.3, 0.4) is 0 Å². The first kappa shape index (κ1) is 16.3. The lowest BCUT2D eigenvalue weighted by atomic mass is 10.2. The normalized spacial score (nSPS) is 19.6. The van der Waals surface area contributed by atoms with Crippen LogP contribution in [0.2, 0.25) is 0 Å². The molecule has 2 rings (SSSR count). The van der Waals surface area contributed by atoms with E-state index in [-0.39, 0.29) is 28.9 Å². The van der Waals surface area contributed by atoms with Gasteiger partial charge in [0.2, 0.25) is 0 Å². The van der Waals surface area contributed by atoms with Crippen LogP contribution in [0.1, 0.15) is 16.8 Å². The third kappa shape index (κ3) is 3.76. The van der Waals surface area contributed by atoms with Crippen LogP contribution < -0.4 is 0 Å².